The van der Waals surface area contributed by atoms with E-state index in [1.165, 1.54) is 6.92 Å². The summed E-state index contributed by atoms with van der Waals surface area (Å²) in [5.74, 6) is -1.77. The molecule has 1 aromatic heterocycles. The number of hydrogen-bond donors (Lipinski definition) is 2. The molecule has 0 saturated carbocycles. The molecule has 0 aliphatic rings. The van der Waals surface area contributed by atoms with Gasteiger partial charge in [0, 0.05) is 12.4 Å². The van der Waals surface area contributed by atoms with Crippen LogP contribution in [0.15, 0.2) is 24.5 Å². The molecule has 1 atom stereocenters. The van der Waals surface area contributed by atoms with Crippen LogP contribution >= 0.6 is 12.4 Å². The van der Waals surface area contributed by atoms with Gasteiger partial charge in [-0.1, -0.05) is 0 Å². The van der Waals surface area contributed by atoms with Gasteiger partial charge >= 0.3 is 5.97 Å². The lowest BCUT2D eigenvalue weighted by Crippen LogP contribution is -2.56. The Labute approximate surface area is 105 Å². The Balaban J connectivity index is 0.00000256. The van der Waals surface area contributed by atoms with Gasteiger partial charge in [0.15, 0.2) is 5.54 Å². The second-order valence-electron chi connectivity index (χ2n) is 3.50. The van der Waals surface area contributed by atoms with Crippen molar-refractivity contribution in [3.05, 3.63) is 30.1 Å². The maximum atomic E-state index is 11.4. The molecule has 1 aromatic rings. The molecule has 0 aliphatic heterocycles. The van der Waals surface area contributed by atoms with Crippen LogP contribution in [-0.2, 0) is 20.9 Å². The minimum Gasteiger partial charge on any atom is -0.459 e. The Morgan fingerprint density at radius 2 is 1.94 bits per heavy atom. The Morgan fingerprint density at radius 1 is 1.41 bits per heavy atom. The number of halogens is 1. The Morgan fingerprint density at radius 3 is 2.41 bits per heavy atom. The molecule has 0 aromatic carbocycles. The summed E-state index contributed by atoms with van der Waals surface area (Å²) in [6.45, 7) is 1.24. The van der Waals surface area contributed by atoms with Crippen molar-refractivity contribution in [3.63, 3.8) is 0 Å². The standard InChI is InChI=1S/C10H13N3O3.ClH/c1-10(12,8(11)14)9(15)16-6-7-2-4-13-5-3-7;/h2-5H,6,12H2,1H3,(H2,11,14);1H/t10-;/m1./s1. The van der Waals surface area contributed by atoms with Crippen molar-refractivity contribution < 1.29 is 14.3 Å². The molecule has 17 heavy (non-hydrogen) atoms. The molecule has 0 radical (unpaired) electrons. The number of esters is 1. The zero-order chi connectivity index (χ0) is 12.2. The normalized spacial score (nSPS) is 13.1. The maximum absolute atomic E-state index is 11.4. The molecule has 0 spiro atoms. The summed E-state index contributed by atoms with van der Waals surface area (Å²) >= 11 is 0. The first-order valence-corrected chi connectivity index (χ1v) is 4.59. The van der Waals surface area contributed by atoms with Crippen LogP contribution in [-0.4, -0.2) is 22.4 Å². The molecule has 0 fully saturated rings. The van der Waals surface area contributed by atoms with Crippen molar-refractivity contribution in [1.29, 1.82) is 0 Å². The largest absolute Gasteiger partial charge is 0.459 e. The number of pyridine rings is 1. The number of amides is 1. The number of nitrogens with zero attached hydrogens (tertiary/aromatic N) is 1. The smallest absolute Gasteiger partial charge is 0.335 e. The number of primary amides is 1. The predicted octanol–water partition coefficient (Wildman–Crippen LogP) is -0.251. The predicted molar refractivity (Wildman–Crippen MR) is 63.1 cm³/mol. The van der Waals surface area contributed by atoms with Gasteiger partial charge in [-0.2, -0.15) is 0 Å². The second-order valence-corrected chi connectivity index (χ2v) is 3.50. The first-order chi connectivity index (χ1) is 7.44. The molecule has 0 unspecified atom stereocenters. The van der Waals surface area contributed by atoms with Crippen LogP contribution in [0.2, 0.25) is 0 Å². The minimum atomic E-state index is -1.80. The third-order valence-electron chi connectivity index (χ3n) is 2.06. The second kappa shape index (κ2) is 6.17. The van der Waals surface area contributed by atoms with E-state index in [4.69, 9.17) is 16.2 Å². The van der Waals surface area contributed by atoms with Crippen LogP contribution in [0.25, 0.3) is 0 Å². The summed E-state index contributed by atoms with van der Waals surface area (Å²) in [5, 5.41) is 0. The van der Waals surface area contributed by atoms with E-state index in [0.717, 1.165) is 5.56 Å². The van der Waals surface area contributed by atoms with Crippen LogP contribution in [0.4, 0.5) is 0 Å². The SMILES string of the molecule is C[C@@](N)(C(N)=O)C(=O)OCc1ccncc1.Cl. The van der Waals surface area contributed by atoms with E-state index in [1.807, 2.05) is 0 Å². The molecule has 6 nitrogen and oxygen atoms in total. The molecule has 4 N–H and O–H groups in total. The van der Waals surface area contributed by atoms with Gasteiger partial charge in [0.1, 0.15) is 6.61 Å². The van der Waals surface area contributed by atoms with E-state index in [1.54, 1.807) is 24.5 Å². The lowest BCUT2D eigenvalue weighted by Gasteiger charge is -2.18. The van der Waals surface area contributed by atoms with Gasteiger partial charge in [0.05, 0.1) is 0 Å². The number of aromatic nitrogens is 1. The zero-order valence-electron chi connectivity index (χ0n) is 9.25. The number of ether oxygens (including phenoxy) is 1. The molecule has 1 rings (SSSR count). The number of carbonyl (C=O) groups is 2. The van der Waals surface area contributed by atoms with E-state index >= 15 is 0 Å². The van der Waals surface area contributed by atoms with Crippen molar-refractivity contribution in [2.24, 2.45) is 11.5 Å². The highest BCUT2D eigenvalue weighted by Crippen LogP contribution is 2.05. The van der Waals surface area contributed by atoms with Gasteiger partial charge in [-0.25, -0.2) is 4.79 Å². The van der Waals surface area contributed by atoms with E-state index in [9.17, 15) is 9.59 Å². The summed E-state index contributed by atoms with van der Waals surface area (Å²) in [5.41, 5.74) is 9.33. The van der Waals surface area contributed by atoms with Gasteiger partial charge in [-0.05, 0) is 24.6 Å². The first-order valence-electron chi connectivity index (χ1n) is 4.59. The summed E-state index contributed by atoms with van der Waals surface area (Å²) in [6.07, 6.45) is 3.14. The first kappa shape index (κ1) is 15.3. The van der Waals surface area contributed by atoms with Crippen molar-refractivity contribution in [1.82, 2.24) is 4.98 Å². The molecule has 7 heteroatoms. The van der Waals surface area contributed by atoms with Crippen LogP contribution in [0.3, 0.4) is 0 Å². The lowest BCUT2D eigenvalue weighted by atomic mass is 10.0. The molecule has 0 saturated heterocycles. The number of hydrogen-bond acceptors (Lipinski definition) is 5. The van der Waals surface area contributed by atoms with Gasteiger partial charge in [0.2, 0.25) is 5.91 Å². The van der Waals surface area contributed by atoms with Crippen molar-refractivity contribution >= 4 is 24.3 Å². The minimum absolute atomic E-state index is 0. The molecular weight excluding hydrogens is 246 g/mol. The van der Waals surface area contributed by atoms with E-state index in [-0.39, 0.29) is 19.0 Å². The van der Waals surface area contributed by atoms with Crippen molar-refractivity contribution in [2.75, 3.05) is 0 Å². The van der Waals surface area contributed by atoms with Gasteiger partial charge < -0.3 is 16.2 Å². The van der Waals surface area contributed by atoms with E-state index in [0.29, 0.717) is 0 Å². The van der Waals surface area contributed by atoms with Crippen LogP contribution in [0.5, 0.6) is 0 Å². The van der Waals surface area contributed by atoms with Crippen molar-refractivity contribution in [2.45, 2.75) is 19.1 Å². The highest BCUT2D eigenvalue weighted by atomic mass is 35.5. The van der Waals surface area contributed by atoms with Gasteiger partial charge in [-0.15, -0.1) is 12.4 Å². The summed E-state index contributed by atoms with van der Waals surface area (Å²) in [7, 11) is 0. The Hall–Kier alpha value is -1.66. The third-order valence-corrected chi connectivity index (χ3v) is 2.06. The number of rotatable bonds is 4. The fraction of sp³-hybridized carbons (Fsp3) is 0.300. The highest BCUT2D eigenvalue weighted by Gasteiger charge is 2.36. The third kappa shape index (κ3) is 4.01. The molecule has 0 aliphatic carbocycles. The Bertz CT molecular complexity index is 395. The fourth-order valence-electron chi connectivity index (χ4n) is 0.878. The molecule has 1 heterocycles. The summed E-state index contributed by atoms with van der Waals surface area (Å²) in [6, 6.07) is 3.37. The van der Waals surface area contributed by atoms with Gasteiger partial charge in [0.25, 0.3) is 0 Å². The monoisotopic (exact) mass is 259 g/mol. The lowest BCUT2D eigenvalue weighted by molar-refractivity contribution is -0.154. The van der Waals surface area contributed by atoms with Gasteiger partial charge in [-0.3, -0.25) is 9.78 Å². The Kier molecular flexibility index (Phi) is 5.57. The topological polar surface area (TPSA) is 108 Å². The van der Waals surface area contributed by atoms with E-state index < -0.39 is 17.4 Å². The quantitative estimate of drug-likeness (QED) is 0.572. The van der Waals surface area contributed by atoms with Crippen LogP contribution < -0.4 is 11.5 Å². The van der Waals surface area contributed by atoms with Crippen molar-refractivity contribution in [3.8, 4) is 0 Å². The van der Waals surface area contributed by atoms with E-state index in [2.05, 4.69) is 4.98 Å². The average Bonchev–Trinajstić information content (AvgIpc) is 2.27. The molecule has 94 valence electrons. The zero-order valence-corrected chi connectivity index (χ0v) is 10.1. The van der Waals surface area contributed by atoms with Crippen LogP contribution in [0, 0.1) is 0 Å². The molecular formula is C10H14ClN3O3. The number of nitrogens with two attached hydrogens (primary N) is 2. The average molecular weight is 260 g/mol. The molecule has 1 amide bonds. The highest BCUT2D eigenvalue weighted by molar-refractivity contribution is 6.05. The number of carbonyl (C=O) groups excluding carboxylic acids is 2. The molecule has 0 bridgehead atoms. The van der Waals surface area contributed by atoms with Crippen LogP contribution in [0.1, 0.15) is 12.5 Å². The fourth-order valence-corrected chi connectivity index (χ4v) is 0.878. The summed E-state index contributed by atoms with van der Waals surface area (Å²) in [4.78, 5) is 26.1. The summed E-state index contributed by atoms with van der Waals surface area (Å²) < 4.78 is 4.86. The maximum Gasteiger partial charge on any atom is 0.335 e.